The quantitative estimate of drug-likeness (QED) is 0.537. The average molecular weight is 454 g/mol. The van der Waals surface area contributed by atoms with E-state index < -0.39 is 0 Å². The maximum Gasteiger partial charge on any atom is 0.256 e. The fourth-order valence-corrected chi connectivity index (χ4v) is 4.04. The Kier molecular flexibility index (Phi) is 7.12. The molecule has 6 nitrogen and oxygen atoms in total. The van der Waals surface area contributed by atoms with Crippen molar-refractivity contribution in [1.82, 2.24) is 15.1 Å². The van der Waals surface area contributed by atoms with Crippen molar-refractivity contribution in [2.45, 2.75) is 45.9 Å². The maximum atomic E-state index is 12.8. The van der Waals surface area contributed by atoms with Gasteiger partial charge in [0.05, 0.1) is 23.9 Å². The largest absolute Gasteiger partial charge is 0.491 e. The highest BCUT2D eigenvalue weighted by Gasteiger charge is 2.20. The lowest BCUT2D eigenvalue weighted by molar-refractivity contribution is 0.0679. The first-order valence-electron chi connectivity index (χ1n) is 10.9. The summed E-state index contributed by atoms with van der Waals surface area (Å²) >= 11 is 6.51. The standard InChI is InChI=1S/C25H28ClN3O3/c1-17-5-7-20(8-6-17)15-29-24(26)23(18(2)28-29)25(30)27-14-19-9-11-21(12-10-19)32-16-22-4-3-13-31-22/h5-12,22H,3-4,13-16H2,1-2H3,(H,27,30). The predicted octanol–water partition coefficient (Wildman–Crippen LogP) is 4.69. The van der Waals surface area contributed by atoms with Crippen molar-refractivity contribution in [2.75, 3.05) is 13.2 Å². The van der Waals surface area contributed by atoms with Crippen LogP contribution in [0, 0.1) is 13.8 Å². The van der Waals surface area contributed by atoms with Crippen molar-refractivity contribution in [1.29, 1.82) is 0 Å². The number of hydrogen-bond acceptors (Lipinski definition) is 4. The molecular weight excluding hydrogens is 426 g/mol. The highest BCUT2D eigenvalue weighted by molar-refractivity contribution is 6.33. The van der Waals surface area contributed by atoms with Crippen molar-refractivity contribution in [3.63, 3.8) is 0 Å². The van der Waals surface area contributed by atoms with Gasteiger partial charge in [0.1, 0.15) is 17.5 Å². The van der Waals surface area contributed by atoms with Gasteiger partial charge in [0.2, 0.25) is 0 Å². The third-order valence-corrected chi connectivity index (χ3v) is 5.97. The number of aromatic nitrogens is 2. The molecule has 32 heavy (non-hydrogen) atoms. The summed E-state index contributed by atoms with van der Waals surface area (Å²) in [7, 11) is 0. The van der Waals surface area contributed by atoms with Crippen molar-refractivity contribution in [3.8, 4) is 5.75 Å². The zero-order valence-electron chi connectivity index (χ0n) is 18.4. The second-order valence-corrected chi connectivity index (χ2v) is 8.53. The monoisotopic (exact) mass is 453 g/mol. The first-order chi connectivity index (χ1) is 15.5. The Labute approximate surface area is 193 Å². The maximum absolute atomic E-state index is 12.8. The summed E-state index contributed by atoms with van der Waals surface area (Å²) in [6.07, 6.45) is 2.34. The average Bonchev–Trinajstić information content (AvgIpc) is 3.41. The number of amides is 1. The molecule has 1 amide bonds. The van der Waals surface area contributed by atoms with Gasteiger partial charge in [-0.1, -0.05) is 53.6 Å². The Morgan fingerprint density at radius 3 is 2.56 bits per heavy atom. The Hall–Kier alpha value is -2.83. The van der Waals surface area contributed by atoms with Crippen LogP contribution in [0.5, 0.6) is 5.75 Å². The number of aryl methyl sites for hydroxylation is 2. The molecule has 4 rings (SSSR count). The second-order valence-electron chi connectivity index (χ2n) is 8.17. The molecule has 1 aliphatic rings. The highest BCUT2D eigenvalue weighted by atomic mass is 35.5. The topological polar surface area (TPSA) is 65.4 Å². The molecule has 1 atom stereocenters. The van der Waals surface area contributed by atoms with Crippen LogP contribution < -0.4 is 10.1 Å². The van der Waals surface area contributed by atoms with E-state index in [2.05, 4.69) is 10.4 Å². The van der Waals surface area contributed by atoms with Crippen LogP contribution in [0.3, 0.4) is 0 Å². The number of benzene rings is 2. The minimum absolute atomic E-state index is 0.189. The smallest absolute Gasteiger partial charge is 0.256 e. The van der Waals surface area contributed by atoms with Crippen molar-refractivity contribution in [2.24, 2.45) is 0 Å². The van der Waals surface area contributed by atoms with E-state index in [1.807, 2.05) is 55.5 Å². The molecule has 0 radical (unpaired) electrons. The van der Waals surface area contributed by atoms with Crippen molar-refractivity contribution in [3.05, 3.63) is 81.6 Å². The molecule has 0 bridgehead atoms. The van der Waals surface area contributed by atoms with Gasteiger partial charge in [-0.25, -0.2) is 4.68 Å². The number of halogens is 1. The lowest BCUT2D eigenvalue weighted by atomic mass is 10.1. The van der Waals surface area contributed by atoms with Crippen LogP contribution in [0.25, 0.3) is 0 Å². The summed E-state index contributed by atoms with van der Waals surface area (Å²) in [5.41, 5.74) is 4.27. The Bertz CT molecular complexity index is 1060. The molecule has 1 fully saturated rings. The molecule has 1 unspecified atom stereocenters. The normalized spacial score (nSPS) is 15.7. The van der Waals surface area contributed by atoms with Gasteiger partial charge in [-0.15, -0.1) is 0 Å². The zero-order chi connectivity index (χ0) is 22.5. The minimum Gasteiger partial charge on any atom is -0.491 e. The van der Waals surface area contributed by atoms with Gasteiger partial charge in [-0.2, -0.15) is 5.10 Å². The summed E-state index contributed by atoms with van der Waals surface area (Å²) in [5, 5.41) is 7.75. The van der Waals surface area contributed by atoms with Crippen LogP contribution in [-0.2, 0) is 17.8 Å². The molecule has 0 spiro atoms. The summed E-state index contributed by atoms with van der Waals surface area (Å²) in [4.78, 5) is 12.8. The van der Waals surface area contributed by atoms with Crippen LogP contribution in [0.4, 0.5) is 0 Å². The van der Waals surface area contributed by atoms with Gasteiger partial charge >= 0.3 is 0 Å². The van der Waals surface area contributed by atoms with Crippen LogP contribution in [0.1, 0.15) is 45.6 Å². The SMILES string of the molecule is Cc1ccc(Cn2nc(C)c(C(=O)NCc3ccc(OCC4CCCO4)cc3)c2Cl)cc1. The fourth-order valence-electron chi connectivity index (χ4n) is 3.72. The lowest BCUT2D eigenvalue weighted by Crippen LogP contribution is -2.23. The van der Waals surface area contributed by atoms with Crippen LogP contribution in [0.2, 0.25) is 5.15 Å². The van der Waals surface area contributed by atoms with Crippen LogP contribution >= 0.6 is 11.6 Å². The summed E-state index contributed by atoms with van der Waals surface area (Å²) in [6.45, 7) is 6.14. The molecule has 1 saturated heterocycles. The van der Waals surface area contributed by atoms with Crippen molar-refractivity contribution >= 4 is 17.5 Å². The number of rotatable bonds is 8. The third-order valence-electron chi connectivity index (χ3n) is 5.58. The van der Waals surface area contributed by atoms with Gasteiger partial charge in [0, 0.05) is 13.2 Å². The van der Waals surface area contributed by atoms with E-state index in [1.165, 1.54) is 5.56 Å². The van der Waals surface area contributed by atoms with E-state index in [0.29, 0.717) is 36.1 Å². The Morgan fingerprint density at radius 2 is 1.88 bits per heavy atom. The summed E-state index contributed by atoms with van der Waals surface area (Å²) in [6, 6.07) is 15.9. The first-order valence-corrected chi connectivity index (χ1v) is 11.3. The summed E-state index contributed by atoms with van der Waals surface area (Å²) in [5.74, 6) is 0.563. The van der Waals surface area contributed by atoms with Crippen LogP contribution in [0.15, 0.2) is 48.5 Å². The third kappa shape index (κ3) is 5.50. The fraction of sp³-hybridized carbons (Fsp3) is 0.360. The van der Waals surface area contributed by atoms with Gasteiger partial charge in [-0.05, 0) is 49.9 Å². The minimum atomic E-state index is -0.235. The van der Waals surface area contributed by atoms with E-state index in [1.54, 1.807) is 11.6 Å². The highest BCUT2D eigenvalue weighted by Crippen LogP contribution is 2.22. The molecule has 3 aromatic rings. The molecule has 0 aliphatic carbocycles. The Morgan fingerprint density at radius 1 is 1.16 bits per heavy atom. The molecule has 168 valence electrons. The van der Waals surface area contributed by atoms with Gasteiger partial charge in [0.25, 0.3) is 5.91 Å². The van der Waals surface area contributed by atoms with Crippen LogP contribution in [-0.4, -0.2) is 35.0 Å². The van der Waals surface area contributed by atoms with E-state index in [4.69, 9.17) is 21.1 Å². The number of ether oxygens (including phenoxy) is 2. The molecule has 7 heteroatoms. The predicted molar refractivity (Wildman–Crippen MR) is 124 cm³/mol. The van der Waals surface area contributed by atoms with Gasteiger partial charge in [-0.3, -0.25) is 4.79 Å². The zero-order valence-corrected chi connectivity index (χ0v) is 19.2. The van der Waals surface area contributed by atoms with E-state index in [-0.39, 0.29) is 12.0 Å². The number of nitrogens with zero attached hydrogens (tertiary/aromatic N) is 2. The molecule has 1 N–H and O–H groups in total. The summed E-state index contributed by atoms with van der Waals surface area (Å²) < 4.78 is 13.0. The van der Waals surface area contributed by atoms with Gasteiger partial charge in [0.15, 0.2) is 0 Å². The van der Waals surface area contributed by atoms with E-state index in [9.17, 15) is 4.79 Å². The van der Waals surface area contributed by atoms with E-state index in [0.717, 1.165) is 36.3 Å². The van der Waals surface area contributed by atoms with E-state index >= 15 is 0 Å². The van der Waals surface area contributed by atoms with Crippen molar-refractivity contribution < 1.29 is 14.3 Å². The first kappa shape index (κ1) is 22.4. The molecule has 1 aliphatic heterocycles. The number of hydrogen-bond donors (Lipinski definition) is 1. The number of carbonyl (C=O) groups excluding carboxylic acids is 1. The Balaban J connectivity index is 1.33. The molecular formula is C25H28ClN3O3. The molecule has 2 heterocycles. The molecule has 2 aromatic carbocycles. The van der Waals surface area contributed by atoms with Gasteiger partial charge < -0.3 is 14.8 Å². The number of carbonyl (C=O) groups is 1. The lowest BCUT2D eigenvalue weighted by Gasteiger charge is -2.12. The second kappa shape index (κ2) is 10.2. The molecule has 1 aromatic heterocycles. The number of nitrogens with one attached hydrogen (secondary N) is 1. The molecule has 0 saturated carbocycles.